The summed E-state index contributed by atoms with van der Waals surface area (Å²) in [6.45, 7) is 6.60. The van der Waals surface area contributed by atoms with Crippen LogP contribution in [-0.4, -0.2) is 18.4 Å². The number of thiophene rings is 1. The first-order chi connectivity index (χ1) is 15.0. The monoisotopic (exact) mass is 432 g/mol. The van der Waals surface area contributed by atoms with E-state index in [0.29, 0.717) is 29.3 Å². The van der Waals surface area contributed by atoms with Crippen LogP contribution in [0.15, 0.2) is 65.7 Å². The van der Waals surface area contributed by atoms with E-state index >= 15 is 0 Å². The lowest BCUT2D eigenvalue weighted by Gasteiger charge is -2.17. The van der Waals surface area contributed by atoms with E-state index in [1.807, 2.05) is 62.5 Å². The second-order valence-electron chi connectivity index (χ2n) is 7.46. The number of anilines is 2. The number of amides is 2. The van der Waals surface area contributed by atoms with E-state index in [9.17, 15) is 9.59 Å². The van der Waals surface area contributed by atoms with Crippen molar-refractivity contribution in [2.24, 2.45) is 0 Å². The van der Waals surface area contributed by atoms with Gasteiger partial charge in [0.05, 0.1) is 17.9 Å². The Morgan fingerprint density at radius 2 is 1.84 bits per heavy atom. The van der Waals surface area contributed by atoms with Gasteiger partial charge in [0.1, 0.15) is 11.4 Å². The SMILES string of the molecule is CCCOc1cccc(N2C(=O)C(Nc3ccc(C)cc3C)=C(c3cccs3)C2=O)c1. The average molecular weight is 433 g/mol. The molecular weight excluding hydrogens is 408 g/mol. The van der Waals surface area contributed by atoms with Crippen LogP contribution in [0.2, 0.25) is 0 Å². The highest BCUT2D eigenvalue weighted by Crippen LogP contribution is 2.36. The molecule has 2 aromatic carbocycles. The third-order valence-corrected chi connectivity index (χ3v) is 5.93. The summed E-state index contributed by atoms with van der Waals surface area (Å²) in [6, 6.07) is 16.8. The second-order valence-corrected chi connectivity index (χ2v) is 8.41. The second kappa shape index (κ2) is 8.78. The molecule has 0 spiro atoms. The van der Waals surface area contributed by atoms with Crippen molar-refractivity contribution in [3.05, 3.63) is 81.7 Å². The van der Waals surface area contributed by atoms with Gasteiger partial charge in [-0.05, 0) is 55.5 Å². The van der Waals surface area contributed by atoms with Crippen LogP contribution in [0.25, 0.3) is 5.57 Å². The molecule has 0 radical (unpaired) electrons. The summed E-state index contributed by atoms with van der Waals surface area (Å²) < 4.78 is 5.70. The number of nitrogens with zero attached hydrogens (tertiary/aromatic N) is 1. The summed E-state index contributed by atoms with van der Waals surface area (Å²) in [5, 5.41) is 5.15. The fourth-order valence-corrected chi connectivity index (χ4v) is 4.32. The molecule has 0 saturated carbocycles. The van der Waals surface area contributed by atoms with Crippen LogP contribution < -0.4 is 15.0 Å². The van der Waals surface area contributed by atoms with Crippen molar-refractivity contribution >= 4 is 40.1 Å². The Kier molecular flexibility index (Phi) is 5.91. The molecule has 31 heavy (non-hydrogen) atoms. The molecule has 158 valence electrons. The third-order valence-electron chi connectivity index (χ3n) is 5.04. The van der Waals surface area contributed by atoms with Gasteiger partial charge in [0, 0.05) is 16.6 Å². The van der Waals surface area contributed by atoms with E-state index in [2.05, 4.69) is 5.32 Å². The Balaban J connectivity index is 1.75. The summed E-state index contributed by atoms with van der Waals surface area (Å²) in [5.41, 5.74) is 4.12. The van der Waals surface area contributed by atoms with Gasteiger partial charge in [-0.3, -0.25) is 9.59 Å². The highest BCUT2D eigenvalue weighted by atomic mass is 32.1. The lowest BCUT2D eigenvalue weighted by molar-refractivity contribution is -0.120. The van der Waals surface area contributed by atoms with Gasteiger partial charge < -0.3 is 10.1 Å². The Hall–Kier alpha value is -3.38. The predicted molar refractivity (Wildman–Crippen MR) is 125 cm³/mol. The first kappa shape index (κ1) is 20.9. The van der Waals surface area contributed by atoms with Gasteiger partial charge in [-0.1, -0.05) is 36.8 Å². The molecule has 1 N–H and O–H groups in total. The molecule has 0 fully saturated rings. The quantitative estimate of drug-likeness (QED) is 0.497. The normalized spacial score (nSPS) is 13.8. The fraction of sp³-hybridized carbons (Fsp3) is 0.200. The summed E-state index contributed by atoms with van der Waals surface area (Å²) in [6.07, 6.45) is 0.875. The van der Waals surface area contributed by atoms with Crippen molar-refractivity contribution in [1.29, 1.82) is 0 Å². The van der Waals surface area contributed by atoms with Crippen LogP contribution in [0.4, 0.5) is 11.4 Å². The zero-order chi connectivity index (χ0) is 22.0. The molecule has 4 rings (SSSR count). The zero-order valence-corrected chi connectivity index (χ0v) is 18.6. The topological polar surface area (TPSA) is 58.6 Å². The van der Waals surface area contributed by atoms with Crippen molar-refractivity contribution in [2.45, 2.75) is 27.2 Å². The number of carbonyl (C=O) groups is 2. The van der Waals surface area contributed by atoms with Gasteiger partial charge in [0.2, 0.25) is 0 Å². The first-order valence-electron chi connectivity index (χ1n) is 10.2. The van der Waals surface area contributed by atoms with Gasteiger partial charge in [0.25, 0.3) is 11.8 Å². The number of ether oxygens (including phenoxy) is 1. The third kappa shape index (κ3) is 4.11. The van der Waals surface area contributed by atoms with Gasteiger partial charge in [0.15, 0.2) is 0 Å². The summed E-state index contributed by atoms with van der Waals surface area (Å²) in [7, 11) is 0. The number of rotatable bonds is 7. The highest BCUT2D eigenvalue weighted by molar-refractivity contribution is 7.11. The number of imide groups is 1. The number of benzene rings is 2. The maximum absolute atomic E-state index is 13.5. The standard InChI is InChI=1S/C25H24N2O3S/c1-4-12-30-19-8-5-7-18(15-19)27-24(28)22(21-9-6-13-31-21)23(25(27)29)26-20-11-10-16(2)14-17(20)3/h5-11,13-15,26H,4,12H2,1-3H3. The van der Waals surface area contributed by atoms with Crippen molar-refractivity contribution in [3.8, 4) is 5.75 Å². The van der Waals surface area contributed by atoms with Crippen molar-refractivity contribution < 1.29 is 14.3 Å². The van der Waals surface area contributed by atoms with Crippen LogP contribution >= 0.6 is 11.3 Å². The summed E-state index contributed by atoms with van der Waals surface area (Å²) in [4.78, 5) is 28.9. The van der Waals surface area contributed by atoms with Gasteiger partial charge in [-0.2, -0.15) is 0 Å². The number of hydrogen-bond acceptors (Lipinski definition) is 5. The van der Waals surface area contributed by atoms with Gasteiger partial charge >= 0.3 is 0 Å². The fourth-order valence-electron chi connectivity index (χ4n) is 3.55. The number of hydrogen-bond donors (Lipinski definition) is 1. The Bertz CT molecular complexity index is 1170. The predicted octanol–water partition coefficient (Wildman–Crippen LogP) is 5.55. The average Bonchev–Trinajstić information content (AvgIpc) is 3.35. The molecule has 2 heterocycles. The Morgan fingerprint density at radius 3 is 2.55 bits per heavy atom. The van der Waals surface area contributed by atoms with Crippen LogP contribution in [0.1, 0.15) is 29.3 Å². The summed E-state index contributed by atoms with van der Waals surface area (Å²) in [5.74, 6) is -0.0817. The molecule has 6 heteroatoms. The molecule has 2 amide bonds. The number of carbonyl (C=O) groups excluding carboxylic acids is 2. The van der Waals surface area contributed by atoms with Crippen molar-refractivity contribution in [2.75, 3.05) is 16.8 Å². The van der Waals surface area contributed by atoms with E-state index in [0.717, 1.165) is 28.1 Å². The molecule has 1 aliphatic rings. The van der Waals surface area contributed by atoms with E-state index in [-0.39, 0.29) is 11.8 Å². The van der Waals surface area contributed by atoms with E-state index in [4.69, 9.17) is 4.74 Å². The molecule has 1 aromatic heterocycles. The van der Waals surface area contributed by atoms with Crippen molar-refractivity contribution in [1.82, 2.24) is 0 Å². The van der Waals surface area contributed by atoms with Crippen molar-refractivity contribution in [3.63, 3.8) is 0 Å². The molecule has 5 nitrogen and oxygen atoms in total. The van der Waals surface area contributed by atoms with Gasteiger partial charge in [-0.15, -0.1) is 11.3 Å². The molecule has 0 unspecified atom stereocenters. The lowest BCUT2D eigenvalue weighted by atomic mass is 10.1. The number of aryl methyl sites for hydroxylation is 2. The van der Waals surface area contributed by atoms with Crippen LogP contribution in [0.3, 0.4) is 0 Å². The Labute approximate surface area is 186 Å². The van der Waals surface area contributed by atoms with Crippen LogP contribution in [0.5, 0.6) is 5.75 Å². The highest BCUT2D eigenvalue weighted by Gasteiger charge is 2.41. The first-order valence-corrected chi connectivity index (χ1v) is 11.1. The maximum Gasteiger partial charge on any atom is 0.282 e. The van der Waals surface area contributed by atoms with E-state index in [1.165, 1.54) is 16.2 Å². The minimum atomic E-state index is -0.374. The number of nitrogens with one attached hydrogen (secondary N) is 1. The minimum Gasteiger partial charge on any atom is -0.494 e. The van der Waals surface area contributed by atoms with E-state index in [1.54, 1.807) is 18.2 Å². The largest absolute Gasteiger partial charge is 0.494 e. The molecule has 0 aliphatic carbocycles. The molecule has 0 atom stereocenters. The lowest BCUT2D eigenvalue weighted by Crippen LogP contribution is -2.32. The molecule has 0 bridgehead atoms. The molecule has 0 saturated heterocycles. The van der Waals surface area contributed by atoms with E-state index < -0.39 is 0 Å². The molecular formula is C25H24N2O3S. The minimum absolute atomic E-state index is 0.291. The summed E-state index contributed by atoms with van der Waals surface area (Å²) >= 11 is 1.44. The molecule has 3 aromatic rings. The van der Waals surface area contributed by atoms with Gasteiger partial charge in [-0.25, -0.2) is 4.90 Å². The zero-order valence-electron chi connectivity index (χ0n) is 17.8. The van der Waals surface area contributed by atoms with Crippen LogP contribution in [-0.2, 0) is 9.59 Å². The smallest absolute Gasteiger partial charge is 0.282 e. The maximum atomic E-state index is 13.5. The Morgan fingerprint density at radius 1 is 1.00 bits per heavy atom. The van der Waals surface area contributed by atoms with Crippen LogP contribution in [0, 0.1) is 13.8 Å². The molecule has 1 aliphatic heterocycles.